The molecule has 0 saturated carbocycles. The number of phenolic OH excluding ortho intramolecular Hbond substituents is 1. The second-order valence-electron chi connectivity index (χ2n) is 23.0. The molecule has 12 rings (SSSR count). The first-order chi connectivity index (χ1) is 37.5. The number of likely N-dealkylation sites (tertiary alicyclic amines) is 2. The van der Waals surface area contributed by atoms with Gasteiger partial charge < -0.3 is 34.4 Å². The van der Waals surface area contributed by atoms with Crippen LogP contribution in [0.15, 0.2) is 53.5 Å². The molecule has 6 saturated heterocycles. The number of amides is 3. The number of β-amino-alcohol motifs (C(OH)–C–C–N with tert-alkyl or cyclic N) is 1. The molecule has 0 radical (unpaired) electrons. The van der Waals surface area contributed by atoms with Crippen LogP contribution in [0.4, 0.5) is 23.8 Å². The largest absolute Gasteiger partial charge is 0.508 e. The quantitative estimate of drug-likeness (QED) is 0.111. The molecule has 18 nitrogen and oxygen atoms in total. The van der Waals surface area contributed by atoms with Crippen molar-refractivity contribution >= 4 is 56.4 Å². The van der Waals surface area contributed by atoms with Crippen molar-refractivity contribution < 1.29 is 47.2 Å². The number of aromatic nitrogens is 5. The summed E-state index contributed by atoms with van der Waals surface area (Å²) in [6, 6.07) is 9.92. The summed E-state index contributed by atoms with van der Waals surface area (Å²) in [5.74, 6) is -3.19. The van der Waals surface area contributed by atoms with Gasteiger partial charge in [-0.3, -0.25) is 33.9 Å². The Morgan fingerprint density at radius 3 is 2.45 bits per heavy atom. The number of phenols is 1. The Bertz CT molecular complexity index is 3430. The highest BCUT2D eigenvalue weighted by atomic mass is 19.2. The monoisotopic (exact) mass is 1070 g/mol. The smallest absolute Gasteiger partial charge is 0.409 e. The van der Waals surface area contributed by atoms with Crippen molar-refractivity contribution in [3.63, 3.8) is 0 Å². The molecule has 21 heteroatoms. The molecule has 9 heterocycles. The number of anilines is 1. The molecule has 3 aromatic carbocycles. The standard InChI is InChI=1S/C57H65F3N10O8/c1-56(76)16-3-19-68(31-56)51-40-28-61-49(39-27-38(71)25-36-5-7-41(58)47(59)46(36)39)48(60)50(40)63-53(64-51)78-32-57-17-4-20-69(57)37(11-18-57)30-77-55(75)67-23-12-33(13-24-67)29-66-21-14-34(15-22-66)35-6-8-42-44(26-35)65(2)54(74)70(42)43-9-10-45(72)62-52(43)73/h5-8,25-28,33-34,37,43,71,76H,3-4,9-24,29-32H2,1-2H3,(H,62,72,73)/t37-,43?,56+,57-/m0/s1. The van der Waals surface area contributed by atoms with Crippen molar-refractivity contribution in [2.24, 2.45) is 13.0 Å². The van der Waals surface area contributed by atoms with E-state index in [1.807, 2.05) is 15.9 Å². The van der Waals surface area contributed by atoms with Gasteiger partial charge in [0.05, 0.1) is 27.6 Å². The van der Waals surface area contributed by atoms with Crippen molar-refractivity contribution in [2.75, 3.05) is 70.5 Å². The molecule has 3 amide bonds. The van der Waals surface area contributed by atoms with Gasteiger partial charge in [0.25, 0.3) is 0 Å². The summed E-state index contributed by atoms with van der Waals surface area (Å²) < 4.78 is 62.7. The molecule has 0 spiro atoms. The van der Waals surface area contributed by atoms with Crippen LogP contribution in [0.5, 0.6) is 11.8 Å². The molecule has 0 bridgehead atoms. The van der Waals surface area contributed by atoms with Gasteiger partial charge in [-0.15, -0.1) is 0 Å². The first-order valence-electron chi connectivity index (χ1n) is 27.6. The minimum atomic E-state index is -1.20. The molecule has 4 atom stereocenters. The molecule has 3 aromatic heterocycles. The number of imide groups is 1. The first-order valence-corrected chi connectivity index (χ1v) is 27.6. The Balaban J connectivity index is 0.660. The summed E-state index contributed by atoms with van der Waals surface area (Å²) in [5, 5.41) is 24.2. The van der Waals surface area contributed by atoms with Crippen LogP contribution in [0.25, 0.3) is 44.0 Å². The lowest BCUT2D eigenvalue weighted by Crippen LogP contribution is -2.49. The van der Waals surface area contributed by atoms with E-state index in [1.54, 1.807) is 18.5 Å². The predicted octanol–water partition coefficient (Wildman–Crippen LogP) is 7.05. The number of pyridine rings is 1. The van der Waals surface area contributed by atoms with E-state index < -0.39 is 40.5 Å². The molecular formula is C57H65F3N10O8. The third kappa shape index (κ3) is 9.58. The molecule has 6 aromatic rings. The van der Waals surface area contributed by atoms with E-state index in [1.165, 1.54) is 28.5 Å². The van der Waals surface area contributed by atoms with Crippen LogP contribution >= 0.6 is 0 Å². The van der Waals surface area contributed by atoms with Crippen LogP contribution in [0.1, 0.15) is 101 Å². The number of aryl methyl sites for hydroxylation is 1. The van der Waals surface area contributed by atoms with Gasteiger partial charge in [-0.1, -0.05) is 12.1 Å². The summed E-state index contributed by atoms with van der Waals surface area (Å²) in [5.41, 5.74) is 0.282. The van der Waals surface area contributed by atoms with Gasteiger partial charge in [-0.25, -0.2) is 22.8 Å². The molecular weight excluding hydrogens is 1010 g/mol. The molecule has 6 aliphatic rings. The Kier molecular flexibility index (Phi) is 13.6. The number of aromatic hydroxyl groups is 1. The van der Waals surface area contributed by atoms with Crippen molar-refractivity contribution in [1.82, 2.24) is 44.1 Å². The van der Waals surface area contributed by atoms with E-state index in [9.17, 15) is 33.8 Å². The van der Waals surface area contributed by atoms with E-state index >= 15 is 8.78 Å². The first kappa shape index (κ1) is 51.9. The number of carbonyl (C=O) groups excluding carboxylic acids is 3. The van der Waals surface area contributed by atoms with Crippen molar-refractivity contribution in [1.29, 1.82) is 0 Å². The Morgan fingerprint density at radius 2 is 1.67 bits per heavy atom. The Morgan fingerprint density at radius 1 is 0.872 bits per heavy atom. The fourth-order valence-electron chi connectivity index (χ4n) is 13.7. The lowest BCUT2D eigenvalue weighted by atomic mass is 9.88. The fraction of sp³-hybridized carbons (Fsp3) is 0.526. The summed E-state index contributed by atoms with van der Waals surface area (Å²) in [6.07, 6.45) is 9.83. The van der Waals surface area contributed by atoms with Crippen LogP contribution in [0.3, 0.4) is 0 Å². The second-order valence-corrected chi connectivity index (χ2v) is 23.0. The summed E-state index contributed by atoms with van der Waals surface area (Å²) in [6.45, 7) is 7.82. The van der Waals surface area contributed by atoms with Gasteiger partial charge in [0.1, 0.15) is 42.0 Å². The normalized spacial score (nSPS) is 24.9. The zero-order chi connectivity index (χ0) is 54.2. The number of rotatable bonds is 11. The van der Waals surface area contributed by atoms with E-state index in [-0.39, 0.29) is 94.6 Å². The van der Waals surface area contributed by atoms with E-state index in [0.29, 0.717) is 62.1 Å². The summed E-state index contributed by atoms with van der Waals surface area (Å²) >= 11 is 0. The minimum absolute atomic E-state index is 0.0228. The van der Waals surface area contributed by atoms with Gasteiger partial charge in [-0.05, 0) is 150 Å². The molecule has 6 fully saturated rings. The van der Waals surface area contributed by atoms with Crippen molar-refractivity contribution in [3.05, 3.63) is 82.2 Å². The number of carbonyl (C=O) groups is 3. The number of piperidine rings is 4. The van der Waals surface area contributed by atoms with Gasteiger partial charge >= 0.3 is 17.8 Å². The maximum absolute atomic E-state index is 17.0. The third-order valence-corrected chi connectivity index (χ3v) is 17.9. The molecule has 78 heavy (non-hydrogen) atoms. The highest BCUT2D eigenvalue weighted by Crippen LogP contribution is 2.44. The predicted molar refractivity (Wildman–Crippen MR) is 284 cm³/mol. The fourth-order valence-corrected chi connectivity index (χ4v) is 13.7. The SMILES string of the molecule is Cn1c(=O)n(C2CCC(=O)NC2=O)c2ccc(C3CCN(CC4CCN(C(=O)OC[C@@H]5CC[C@]6(COc7nc(N8CCC[C@@](C)(O)C8)c8cnc(-c9cc(O)cc%10ccc(F)c(F)c9%10)c(F)c8n7)CCCN56)CC4)CC3)cc21. The zero-order valence-corrected chi connectivity index (χ0v) is 44.0. The van der Waals surface area contributed by atoms with Gasteiger partial charge in [-0.2, -0.15) is 9.97 Å². The van der Waals surface area contributed by atoms with Gasteiger partial charge in [0.2, 0.25) is 11.8 Å². The molecule has 0 aliphatic carbocycles. The lowest BCUT2D eigenvalue weighted by molar-refractivity contribution is -0.135. The highest BCUT2D eigenvalue weighted by molar-refractivity contribution is 6.01. The molecule has 1 unspecified atom stereocenters. The Labute approximate surface area is 448 Å². The Hall–Kier alpha value is -6.84. The van der Waals surface area contributed by atoms with E-state index in [2.05, 4.69) is 37.2 Å². The number of fused-ring (bicyclic) bond motifs is 4. The van der Waals surface area contributed by atoms with E-state index in [0.717, 1.165) is 95.2 Å². The number of ether oxygens (including phenoxy) is 2. The topological polar surface area (TPSA) is 201 Å². The third-order valence-electron chi connectivity index (χ3n) is 17.9. The zero-order valence-electron chi connectivity index (χ0n) is 44.0. The van der Waals surface area contributed by atoms with Gasteiger partial charge in [0, 0.05) is 69.4 Å². The van der Waals surface area contributed by atoms with Crippen LogP contribution in [-0.4, -0.2) is 150 Å². The lowest BCUT2D eigenvalue weighted by Gasteiger charge is -2.38. The number of halogens is 3. The van der Waals surface area contributed by atoms with Crippen LogP contribution < -0.4 is 20.6 Å². The maximum atomic E-state index is 17.0. The van der Waals surface area contributed by atoms with Crippen LogP contribution in [0, 0.1) is 23.4 Å². The number of hydrogen-bond donors (Lipinski definition) is 3. The minimum Gasteiger partial charge on any atom is -0.508 e. The van der Waals surface area contributed by atoms with E-state index in [4.69, 9.17) is 14.5 Å². The number of aliphatic hydroxyl groups is 1. The molecule has 412 valence electrons. The summed E-state index contributed by atoms with van der Waals surface area (Å²) in [4.78, 5) is 73.7. The van der Waals surface area contributed by atoms with Crippen LogP contribution in [0.2, 0.25) is 0 Å². The van der Waals surface area contributed by atoms with Crippen molar-refractivity contribution in [2.45, 2.75) is 113 Å². The second kappa shape index (κ2) is 20.4. The number of benzene rings is 3. The van der Waals surface area contributed by atoms with Crippen LogP contribution in [-0.2, 0) is 21.4 Å². The number of nitrogens with zero attached hydrogens (tertiary/aromatic N) is 9. The molecule has 3 N–H and O–H groups in total. The van der Waals surface area contributed by atoms with Crippen molar-refractivity contribution in [3.8, 4) is 23.0 Å². The molecule has 6 aliphatic heterocycles. The average molecular weight is 1080 g/mol. The maximum Gasteiger partial charge on any atom is 0.409 e. The number of imidazole rings is 1. The van der Waals surface area contributed by atoms with Gasteiger partial charge in [0.15, 0.2) is 17.5 Å². The summed E-state index contributed by atoms with van der Waals surface area (Å²) in [7, 11) is 1.73. The number of nitrogens with one attached hydrogen (secondary N) is 1. The average Bonchev–Trinajstić information content (AvgIpc) is 4.25. The number of hydrogen-bond acceptors (Lipinski definition) is 14. The highest BCUT2D eigenvalue weighted by Gasteiger charge is 2.50.